The van der Waals surface area contributed by atoms with E-state index in [-0.39, 0.29) is 10.8 Å². The number of rotatable bonds is 6. The summed E-state index contributed by atoms with van der Waals surface area (Å²) < 4.78 is 8.98. The van der Waals surface area contributed by atoms with E-state index in [1.54, 1.807) is 0 Å². The van der Waals surface area contributed by atoms with Gasteiger partial charge in [-0.2, -0.15) is 0 Å². The second-order valence-corrected chi connectivity index (χ2v) is 21.7. The van der Waals surface area contributed by atoms with Gasteiger partial charge in [-0.25, -0.2) is 0 Å². The van der Waals surface area contributed by atoms with Gasteiger partial charge in [0.15, 0.2) is 8.07 Å². The van der Waals surface area contributed by atoms with E-state index in [9.17, 15) is 0 Å². The van der Waals surface area contributed by atoms with Crippen LogP contribution in [0.1, 0.15) is 51.7 Å². The number of para-hydroxylation sites is 3. The number of aromatic nitrogens is 1. The Morgan fingerprint density at radius 2 is 1.02 bits per heavy atom. The summed E-state index contributed by atoms with van der Waals surface area (Å²) in [5, 5.41) is 10.4. The lowest BCUT2D eigenvalue weighted by atomic mass is 9.63. The number of nitrogens with zero attached hydrogens (tertiary/aromatic N) is 1. The van der Waals surface area contributed by atoms with Gasteiger partial charge in [-0.1, -0.05) is 185 Å². The van der Waals surface area contributed by atoms with E-state index in [0.29, 0.717) is 0 Å². The van der Waals surface area contributed by atoms with Gasteiger partial charge in [-0.3, -0.25) is 0 Å². The van der Waals surface area contributed by atoms with Gasteiger partial charge < -0.3 is 8.98 Å². The van der Waals surface area contributed by atoms with Crippen LogP contribution in [0.15, 0.2) is 192 Å². The van der Waals surface area contributed by atoms with Gasteiger partial charge in [0, 0.05) is 32.8 Å². The van der Waals surface area contributed by atoms with Crippen molar-refractivity contribution in [2.24, 2.45) is 0 Å². The number of furan rings is 1. The summed E-state index contributed by atoms with van der Waals surface area (Å²) in [6.07, 6.45) is 2.39. The van der Waals surface area contributed by atoms with Crippen LogP contribution in [-0.2, 0) is 10.8 Å². The van der Waals surface area contributed by atoms with Gasteiger partial charge in [0.25, 0.3) is 0 Å². The maximum Gasteiger partial charge on any atom is 0.179 e. The fraction of sp³-hybridized carbons (Fsp3) is 0.143. The average Bonchev–Trinajstić information content (AvgIpc) is 3.82. The molecule has 1 aliphatic carbocycles. The molecule has 2 heterocycles. The summed E-state index contributed by atoms with van der Waals surface area (Å²) in [6, 6.07) is 70.5. The summed E-state index contributed by atoms with van der Waals surface area (Å²) in [4.78, 5) is 0. The summed E-state index contributed by atoms with van der Waals surface area (Å²) in [5.41, 5.74) is 10.9. The minimum atomic E-state index is -2.80. The average molecular weight is 778 g/mol. The Labute approximate surface area is 347 Å². The molecule has 59 heavy (non-hydrogen) atoms. The standard InChI is InChI=1S/C56H47NOSi/c1-55(2)34-35-56(3,4)50-37-43(31-33-49(50)55)59(40-16-7-5-8-17-40,41-18-9-6-10-19-41)42-29-27-39(28-30-42)57-51-24-13-11-20-45(51)46-32-26-38(36-52(46)57)44-22-15-23-48-47-21-12-14-25-53(47)58-54(44)48/h5-33,36-37H,34-35H2,1-4H3. The molecular weight excluding hydrogens is 731 g/mol. The van der Waals surface area contributed by atoms with Crippen LogP contribution in [0.25, 0.3) is 60.6 Å². The Hall–Kier alpha value is -6.42. The van der Waals surface area contributed by atoms with Gasteiger partial charge >= 0.3 is 0 Å². The molecule has 1 aliphatic rings. The molecular formula is C56H47NOSi. The molecule has 0 fully saturated rings. The summed E-state index contributed by atoms with van der Waals surface area (Å²) >= 11 is 0. The largest absolute Gasteiger partial charge is 0.455 e. The molecule has 0 bridgehead atoms. The first-order valence-corrected chi connectivity index (χ1v) is 23.1. The molecule has 11 rings (SSSR count). The van der Waals surface area contributed by atoms with Gasteiger partial charge in [-0.15, -0.1) is 0 Å². The van der Waals surface area contributed by atoms with Crippen LogP contribution in [-0.4, -0.2) is 12.6 Å². The van der Waals surface area contributed by atoms with Crippen LogP contribution in [0, 0.1) is 0 Å². The Kier molecular flexibility index (Phi) is 8.06. The first-order valence-electron chi connectivity index (χ1n) is 21.1. The summed E-state index contributed by atoms with van der Waals surface area (Å²) in [6.45, 7) is 9.75. The van der Waals surface area contributed by atoms with Crippen LogP contribution < -0.4 is 20.7 Å². The molecule has 0 N–H and O–H groups in total. The highest BCUT2D eigenvalue weighted by Crippen LogP contribution is 2.45. The van der Waals surface area contributed by atoms with Crippen molar-refractivity contribution < 1.29 is 4.42 Å². The smallest absolute Gasteiger partial charge is 0.179 e. The highest BCUT2D eigenvalue weighted by molar-refractivity contribution is 7.19. The third-order valence-electron chi connectivity index (χ3n) is 13.6. The molecule has 8 aromatic carbocycles. The SMILES string of the molecule is CC1(C)CCC(C)(C)c2cc([Si](c3ccccc3)(c3ccccc3)c3ccc(-n4c5ccccc5c5ccc(-c6cccc7c6oc6ccccc67)cc54)cc3)ccc21. The highest BCUT2D eigenvalue weighted by atomic mass is 28.3. The van der Waals surface area contributed by atoms with E-state index >= 15 is 0 Å². The van der Waals surface area contributed by atoms with E-state index in [2.05, 4.69) is 214 Å². The fourth-order valence-corrected chi connectivity index (χ4v) is 15.2. The van der Waals surface area contributed by atoms with Crippen molar-refractivity contribution in [2.45, 2.75) is 51.4 Å². The zero-order valence-electron chi connectivity index (χ0n) is 34.2. The molecule has 0 radical (unpaired) electrons. The summed E-state index contributed by atoms with van der Waals surface area (Å²) in [5.74, 6) is 0. The van der Waals surface area contributed by atoms with Gasteiger partial charge in [0.1, 0.15) is 11.2 Å². The molecule has 10 aromatic rings. The molecule has 286 valence electrons. The van der Waals surface area contributed by atoms with E-state index < -0.39 is 8.07 Å². The molecule has 2 aromatic heterocycles. The zero-order valence-corrected chi connectivity index (χ0v) is 35.2. The predicted octanol–water partition coefficient (Wildman–Crippen LogP) is 12.1. The molecule has 0 saturated carbocycles. The van der Waals surface area contributed by atoms with Crippen molar-refractivity contribution in [1.82, 2.24) is 4.57 Å². The highest BCUT2D eigenvalue weighted by Gasteiger charge is 2.44. The van der Waals surface area contributed by atoms with Crippen molar-refractivity contribution in [3.8, 4) is 16.8 Å². The van der Waals surface area contributed by atoms with Crippen LogP contribution in [0.4, 0.5) is 0 Å². The van der Waals surface area contributed by atoms with Crippen molar-refractivity contribution >= 4 is 72.6 Å². The topological polar surface area (TPSA) is 18.1 Å². The van der Waals surface area contributed by atoms with Crippen molar-refractivity contribution in [2.75, 3.05) is 0 Å². The fourth-order valence-electron chi connectivity index (χ4n) is 10.4. The van der Waals surface area contributed by atoms with Gasteiger partial charge in [0.05, 0.1) is 11.0 Å². The Balaban J connectivity index is 1.13. The van der Waals surface area contributed by atoms with Crippen LogP contribution in [0.3, 0.4) is 0 Å². The molecule has 0 spiro atoms. The maximum absolute atomic E-state index is 6.53. The second kappa shape index (κ2) is 13.3. The van der Waals surface area contributed by atoms with Gasteiger partial charge in [-0.05, 0) is 91.4 Å². The second-order valence-electron chi connectivity index (χ2n) is 17.9. The number of fused-ring (bicyclic) bond motifs is 7. The molecule has 3 heteroatoms. The Morgan fingerprint density at radius 1 is 0.441 bits per heavy atom. The zero-order chi connectivity index (χ0) is 39.9. The van der Waals surface area contributed by atoms with Crippen molar-refractivity contribution in [1.29, 1.82) is 0 Å². The first-order chi connectivity index (χ1) is 28.7. The minimum absolute atomic E-state index is 0.101. The lowest BCUT2D eigenvalue weighted by Gasteiger charge is -2.43. The monoisotopic (exact) mass is 777 g/mol. The van der Waals surface area contributed by atoms with Gasteiger partial charge in [0.2, 0.25) is 0 Å². The number of hydrogen-bond acceptors (Lipinski definition) is 1. The molecule has 0 saturated heterocycles. The quantitative estimate of drug-likeness (QED) is 0.121. The van der Waals surface area contributed by atoms with Crippen LogP contribution in [0.5, 0.6) is 0 Å². The van der Waals surface area contributed by atoms with E-state index in [0.717, 1.165) is 38.8 Å². The molecule has 0 atom stereocenters. The molecule has 0 aliphatic heterocycles. The minimum Gasteiger partial charge on any atom is -0.455 e. The van der Waals surface area contributed by atoms with E-state index in [1.165, 1.54) is 66.5 Å². The third-order valence-corrected chi connectivity index (χ3v) is 18.4. The third kappa shape index (κ3) is 5.45. The maximum atomic E-state index is 6.53. The summed E-state index contributed by atoms with van der Waals surface area (Å²) in [7, 11) is -2.80. The number of hydrogen-bond donors (Lipinski definition) is 0. The predicted molar refractivity (Wildman–Crippen MR) is 252 cm³/mol. The number of benzene rings is 8. The van der Waals surface area contributed by atoms with E-state index in [4.69, 9.17) is 4.42 Å². The van der Waals surface area contributed by atoms with Crippen LogP contribution >= 0.6 is 0 Å². The van der Waals surface area contributed by atoms with Crippen molar-refractivity contribution in [3.63, 3.8) is 0 Å². The lowest BCUT2D eigenvalue weighted by Crippen LogP contribution is -2.74. The normalized spacial score (nSPS) is 14.9. The molecule has 0 unspecified atom stereocenters. The van der Waals surface area contributed by atoms with Crippen molar-refractivity contribution in [3.05, 3.63) is 199 Å². The lowest BCUT2D eigenvalue weighted by molar-refractivity contribution is 0.332. The van der Waals surface area contributed by atoms with Crippen LogP contribution in [0.2, 0.25) is 0 Å². The molecule has 0 amide bonds. The van der Waals surface area contributed by atoms with E-state index in [1.807, 2.05) is 6.07 Å². The Morgan fingerprint density at radius 3 is 1.75 bits per heavy atom. The first kappa shape index (κ1) is 35.7. The molecule has 2 nitrogen and oxygen atoms in total. The Bertz CT molecular complexity index is 3160.